The first-order chi connectivity index (χ1) is 14.4. The Morgan fingerprint density at radius 1 is 1.13 bits per heavy atom. The van der Waals surface area contributed by atoms with Gasteiger partial charge >= 0.3 is 6.18 Å². The molecule has 2 aliphatic heterocycles. The molecule has 0 spiro atoms. The lowest BCUT2D eigenvalue weighted by atomic mass is 10.0. The molecule has 2 aromatic heterocycles. The average molecular weight is 460 g/mol. The first-order valence-electron chi connectivity index (χ1n) is 9.97. The second kappa shape index (κ2) is 9.37. The number of thiazole rings is 1. The van der Waals surface area contributed by atoms with E-state index in [0.29, 0.717) is 18.1 Å². The van der Waals surface area contributed by atoms with Crippen LogP contribution < -0.4 is 5.32 Å². The summed E-state index contributed by atoms with van der Waals surface area (Å²) in [5.41, 5.74) is -0.926. The summed E-state index contributed by atoms with van der Waals surface area (Å²) >= 11 is 3.00. The number of hydrogen-bond donors (Lipinski definition) is 1. The van der Waals surface area contributed by atoms with E-state index in [1.807, 2.05) is 6.26 Å². The number of piperidine rings is 1. The number of halogens is 3. The molecule has 2 aliphatic rings. The standard InChI is InChI=1S/C19H24F3N5OS2/c1-29-27-6-2-13(3-7-27)25-18-24-10-14(19(20,21)22)16(26-18)15-11-23-17(30-15)12-4-8-28-9-5-12/h10-13H,2-9H2,1H3,(H,24,25,26). The largest absolute Gasteiger partial charge is 0.420 e. The Balaban J connectivity index is 1.57. The summed E-state index contributed by atoms with van der Waals surface area (Å²) in [5, 5.41) is 4.07. The van der Waals surface area contributed by atoms with Crippen LogP contribution in [0.15, 0.2) is 12.4 Å². The highest BCUT2D eigenvalue weighted by Gasteiger charge is 2.36. The van der Waals surface area contributed by atoms with Crippen LogP contribution in [0.1, 0.15) is 42.2 Å². The Bertz CT molecular complexity index is 849. The van der Waals surface area contributed by atoms with Crippen LogP contribution in [0.4, 0.5) is 19.1 Å². The zero-order chi connectivity index (χ0) is 21.1. The van der Waals surface area contributed by atoms with Crippen molar-refractivity contribution in [1.29, 1.82) is 0 Å². The topological polar surface area (TPSA) is 63.2 Å². The molecule has 0 radical (unpaired) electrons. The number of hydrogen-bond acceptors (Lipinski definition) is 8. The molecule has 2 aromatic rings. The summed E-state index contributed by atoms with van der Waals surface area (Å²) in [4.78, 5) is 13.1. The van der Waals surface area contributed by atoms with Crippen molar-refractivity contribution in [3.63, 3.8) is 0 Å². The lowest BCUT2D eigenvalue weighted by Gasteiger charge is -2.30. The molecule has 4 rings (SSSR count). The van der Waals surface area contributed by atoms with Crippen LogP contribution in [-0.2, 0) is 10.9 Å². The van der Waals surface area contributed by atoms with Crippen molar-refractivity contribution < 1.29 is 17.9 Å². The maximum absolute atomic E-state index is 13.6. The Morgan fingerprint density at radius 3 is 2.53 bits per heavy atom. The van der Waals surface area contributed by atoms with Gasteiger partial charge in [0.1, 0.15) is 5.56 Å². The average Bonchev–Trinajstić information content (AvgIpc) is 3.24. The van der Waals surface area contributed by atoms with Gasteiger partial charge in [-0.2, -0.15) is 13.2 Å². The fourth-order valence-corrected chi connectivity index (χ4v) is 5.41. The Morgan fingerprint density at radius 2 is 1.87 bits per heavy atom. The highest BCUT2D eigenvalue weighted by molar-refractivity contribution is 7.96. The van der Waals surface area contributed by atoms with E-state index in [1.54, 1.807) is 11.9 Å². The van der Waals surface area contributed by atoms with E-state index in [-0.39, 0.29) is 23.6 Å². The van der Waals surface area contributed by atoms with E-state index in [4.69, 9.17) is 4.74 Å². The molecule has 0 aliphatic carbocycles. The van der Waals surface area contributed by atoms with Crippen molar-refractivity contribution in [2.75, 3.05) is 37.9 Å². The summed E-state index contributed by atoms with van der Waals surface area (Å²) in [6.45, 7) is 3.17. The maximum atomic E-state index is 13.6. The summed E-state index contributed by atoms with van der Waals surface area (Å²) in [7, 11) is 0. The van der Waals surface area contributed by atoms with Crippen molar-refractivity contribution in [2.24, 2.45) is 0 Å². The van der Waals surface area contributed by atoms with Crippen LogP contribution >= 0.6 is 23.3 Å². The van der Waals surface area contributed by atoms with E-state index >= 15 is 0 Å². The van der Waals surface area contributed by atoms with Gasteiger partial charge in [-0.1, -0.05) is 11.9 Å². The summed E-state index contributed by atoms with van der Waals surface area (Å²) in [6.07, 6.45) is 3.38. The first-order valence-corrected chi connectivity index (χ1v) is 12.0. The van der Waals surface area contributed by atoms with Crippen LogP contribution in [0.2, 0.25) is 0 Å². The molecule has 2 fully saturated rings. The van der Waals surface area contributed by atoms with Crippen molar-refractivity contribution in [1.82, 2.24) is 19.3 Å². The number of nitrogens with zero attached hydrogens (tertiary/aromatic N) is 4. The lowest BCUT2D eigenvalue weighted by molar-refractivity contribution is -0.137. The molecule has 2 saturated heterocycles. The Kier molecular flexibility index (Phi) is 6.81. The van der Waals surface area contributed by atoms with Crippen molar-refractivity contribution in [2.45, 2.75) is 43.8 Å². The number of alkyl halides is 3. The molecule has 0 bridgehead atoms. The predicted octanol–water partition coefficient (Wildman–Crippen LogP) is 4.67. The summed E-state index contributed by atoms with van der Waals surface area (Å²) in [6, 6.07) is 0.150. The van der Waals surface area contributed by atoms with Gasteiger partial charge in [-0.25, -0.2) is 15.0 Å². The number of aromatic nitrogens is 3. The molecule has 11 heteroatoms. The second-order valence-electron chi connectivity index (χ2n) is 7.43. The molecule has 30 heavy (non-hydrogen) atoms. The van der Waals surface area contributed by atoms with Gasteiger partial charge in [-0.3, -0.25) is 4.31 Å². The quantitative estimate of drug-likeness (QED) is 0.652. The Labute approximate surface area is 181 Å². The van der Waals surface area contributed by atoms with Gasteiger partial charge in [0, 0.05) is 50.7 Å². The molecule has 1 N–H and O–H groups in total. The molecule has 164 valence electrons. The van der Waals surface area contributed by atoms with Crippen LogP contribution in [0.3, 0.4) is 0 Å². The smallest absolute Gasteiger partial charge is 0.381 e. The minimum atomic E-state index is -4.53. The van der Waals surface area contributed by atoms with E-state index in [2.05, 4.69) is 24.6 Å². The maximum Gasteiger partial charge on any atom is 0.420 e. The molecule has 6 nitrogen and oxygen atoms in total. The fourth-order valence-electron chi connectivity index (χ4n) is 3.74. The van der Waals surface area contributed by atoms with Gasteiger partial charge in [-0.05, 0) is 31.9 Å². The molecule has 0 saturated carbocycles. The zero-order valence-corrected chi connectivity index (χ0v) is 18.2. The van der Waals surface area contributed by atoms with Gasteiger partial charge in [0.05, 0.1) is 15.6 Å². The summed E-state index contributed by atoms with van der Waals surface area (Å²) < 4.78 is 48.5. The third-order valence-corrected chi connectivity index (χ3v) is 7.52. The van der Waals surface area contributed by atoms with Crippen LogP contribution in [-0.4, -0.2) is 57.9 Å². The van der Waals surface area contributed by atoms with Crippen LogP contribution in [0, 0.1) is 0 Å². The molecule has 0 unspecified atom stereocenters. The van der Waals surface area contributed by atoms with Crippen molar-refractivity contribution >= 4 is 29.2 Å². The van der Waals surface area contributed by atoms with Gasteiger partial charge in [0.15, 0.2) is 0 Å². The lowest BCUT2D eigenvalue weighted by Crippen LogP contribution is -2.35. The van der Waals surface area contributed by atoms with Crippen molar-refractivity contribution in [3.8, 4) is 10.6 Å². The van der Waals surface area contributed by atoms with E-state index in [9.17, 15) is 13.2 Å². The van der Waals surface area contributed by atoms with Crippen LogP contribution in [0.25, 0.3) is 10.6 Å². The van der Waals surface area contributed by atoms with Gasteiger partial charge < -0.3 is 10.1 Å². The molecular formula is C19H24F3N5OS2. The molecule has 4 heterocycles. The molecule has 0 aromatic carbocycles. The second-order valence-corrected chi connectivity index (χ2v) is 9.38. The van der Waals surface area contributed by atoms with E-state index in [1.165, 1.54) is 17.5 Å². The minimum Gasteiger partial charge on any atom is -0.381 e. The Hall–Kier alpha value is -1.43. The molecule has 0 atom stereocenters. The number of ether oxygens (including phenoxy) is 1. The minimum absolute atomic E-state index is 0.0997. The van der Waals surface area contributed by atoms with Gasteiger partial charge in [0.25, 0.3) is 0 Å². The third-order valence-electron chi connectivity index (χ3n) is 5.47. The summed E-state index contributed by atoms with van der Waals surface area (Å²) in [5.74, 6) is 0.467. The monoisotopic (exact) mass is 459 g/mol. The number of rotatable bonds is 5. The third kappa shape index (κ3) is 5.06. The normalized spacial score (nSPS) is 19.9. The number of nitrogens with one attached hydrogen (secondary N) is 1. The first kappa shape index (κ1) is 21.8. The zero-order valence-electron chi connectivity index (χ0n) is 16.6. The molecular weight excluding hydrogens is 435 g/mol. The van der Waals surface area contributed by atoms with Crippen molar-refractivity contribution in [3.05, 3.63) is 23.0 Å². The van der Waals surface area contributed by atoms with Crippen LogP contribution in [0.5, 0.6) is 0 Å². The van der Waals surface area contributed by atoms with Gasteiger partial charge in [-0.15, -0.1) is 11.3 Å². The highest BCUT2D eigenvalue weighted by Crippen LogP contribution is 2.40. The predicted molar refractivity (Wildman–Crippen MR) is 113 cm³/mol. The highest BCUT2D eigenvalue weighted by atomic mass is 32.2. The van der Waals surface area contributed by atoms with E-state index in [0.717, 1.165) is 50.0 Å². The SMILES string of the molecule is CSN1CCC(Nc2ncc(C(F)(F)F)c(-c3cnc(C4CCOCC4)s3)n2)CC1. The fraction of sp³-hybridized carbons (Fsp3) is 0.632. The van der Waals surface area contributed by atoms with E-state index < -0.39 is 11.7 Å². The molecule has 0 amide bonds. The number of anilines is 1. The van der Waals surface area contributed by atoms with Gasteiger partial charge in [0.2, 0.25) is 5.95 Å².